The van der Waals surface area contributed by atoms with Crippen LogP contribution in [0.5, 0.6) is 0 Å². The smallest absolute Gasteiger partial charge is 0.224 e. The fourth-order valence-corrected chi connectivity index (χ4v) is 2.32. The highest BCUT2D eigenvalue weighted by Crippen LogP contribution is 2.03. The molecule has 7 heteroatoms. The second-order valence-corrected chi connectivity index (χ2v) is 6.68. The van der Waals surface area contributed by atoms with Crippen molar-refractivity contribution in [3.8, 4) is 0 Å². The molecule has 4 N–H and O–H groups in total. The number of carbonyl (C=O) groups excluding carboxylic acids is 2. The van der Waals surface area contributed by atoms with Gasteiger partial charge in [0.15, 0.2) is 26.8 Å². The number of allylic oxidation sites excluding steroid dienone is 4. The van der Waals surface area contributed by atoms with E-state index in [1.165, 1.54) is 0 Å². The maximum absolute atomic E-state index is 11.9. The molecule has 0 aliphatic carbocycles. The van der Waals surface area contributed by atoms with Crippen LogP contribution in [0.15, 0.2) is 24.3 Å². The molecule has 0 radical (unpaired) electrons. The van der Waals surface area contributed by atoms with Gasteiger partial charge in [0.25, 0.3) is 0 Å². The molecular formula is C20H38N3O4+. The molecule has 0 fully saturated rings. The Balaban J connectivity index is 4.22. The predicted octanol–water partition coefficient (Wildman–Crippen LogP) is 2.12. The van der Waals surface area contributed by atoms with Crippen molar-refractivity contribution < 1.29 is 24.3 Å². The second-order valence-electron chi connectivity index (χ2n) is 6.68. The second kappa shape index (κ2) is 16.5. The van der Waals surface area contributed by atoms with Gasteiger partial charge >= 0.3 is 0 Å². The van der Waals surface area contributed by atoms with Crippen molar-refractivity contribution in [2.75, 3.05) is 26.8 Å². The Morgan fingerprint density at radius 2 is 1.19 bits per heavy atom. The van der Waals surface area contributed by atoms with Gasteiger partial charge in [-0.15, -0.1) is 0 Å². The van der Waals surface area contributed by atoms with E-state index >= 15 is 0 Å². The van der Waals surface area contributed by atoms with Crippen LogP contribution in [0, 0.1) is 0 Å². The van der Waals surface area contributed by atoms with Crippen LogP contribution in [-0.4, -0.2) is 53.3 Å². The summed E-state index contributed by atoms with van der Waals surface area (Å²) in [5.41, 5.74) is 0. The summed E-state index contributed by atoms with van der Waals surface area (Å²) >= 11 is 0. The molecule has 0 bridgehead atoms. The first kappa shape index (κ1) is 25.3. The molecule has 0 atom stereocenters. The molecule has 0 unspecified atom stereocenters. The van der Waals surface area contributed by atoms with E-state index in [-0.39, 0.29) is 43.1 Å². The minimum Gasteiger partial charge on any atom is -0.347 e. The number of aliphatic hydroxyl groups excluding tert-OH is 2. The van der Waals surface area contributed by atoms with Crippen LogP contribution in [0.3, 0.4) is 0 Å². The zero-order valence-electron chi connectivity index (χ0n) is 17.0. The molecule has 0 aliphatic rings. The zero-order valence-corrected chi connectivity index (χ0v) is 17.0. The van der Waals surface area contributed by atoms with Crippen LogP contribution < -0.4 is 10.6 Å². The lowest BCUT2D eigenvalue weighted by molar-refractivity contribution is -0.964. The number of hydrogen-bond donors (Lipinski definition) is 4. The number of hydrogen-bond acceptors (Lipinski definition) is 4. The lowest BCUT2D eigenvalue weighted by Crippen LogP contribution is -2.59. The molecule has 27 heavy (non-hydrogen) atoms. The topological polar surface area (TPSA) is 98.7 Å². The molecule has 0 aromatic rings. The Morgan fingerprint density at radius 3 is 1.52 bits per heavy atom. The van der Waals surface area contributed by atoms with E-state index in [0.29, 0.717) is 12.8 Å². The van der Waals surface area contributed by atoms with Crippen LogP contribution in [0.25, 0.3) is 0 Å². The van der Waals surface area contributed by atoms with Gasteiger partial charge in [0.1, 0.15) is 0 Å². The van der Waals surface area contributed by atoms with Crippen LogP contribution in [0.1, 0.15) is 65.2 Å². The first-order valence-electron chi connectivity index (χ1n) is 9.93. The Labute approximate surface area is 163 Å². The van der Waals surface area contributed by atoms with Gasteiger partial charge in [-0.05, 0) is 38.5 Å². The lowest BCUT2D eigenvalue weighted by atomic mass is 10.2. The Hall–Kier alpha value is -1.70. The van der Waals surface area contributed by atoms with Crippen LogP contribution >= 0.6 is 0 Å². The van der Waals surface area contributed by atoms with Crippen LogP contribution in [0.2, 0.25) is 0 Å². The number of rotatable bonds is 16. The maximum Gasteiger partial charge on any atom is 0.224 e. The van der Waals surface area contributed by atoms with Crippen molar-refractivity contribution in [3.63, 3.8) is 0 Å². The summed E-state index contributed by atoms with van der Waals surface area (Å²) in [6.45, 7) is 3.50. The first-order chi connectivity index (χ1) is 13.0. The Kier molecular flexibility index (Phi) is 15.4. The molecule has 0 saturated carbocycles. The molecule has 0 aliphatic heterocycles. The largest absolute Gasteiger partial charge is 0.347 e. The van der Waals surface area contributed by atoms with E-state index in [1.807, 2.05) is 0 Å². The van der Waals surface area contributed by atoms with E-state index in [0.717, 1.165) is 38.5 Å². The van der Waals surface area contributed by atoms with Crippen LogP contribution in [-0.2, 0) is 9.59 Å². The van der Waals surface area contributed by atoms with Gasteiger partial charge in [0, 0.05) is 12.8 Å². The van der Waals surface area contributed by atoms with E-state index < -0.39 is 0 Å². The number of carbonyl (C=O) groups is 2. The number of quaternary nitrogens is 1. The number of unbranched alkanes of at least 4 members (excludes halogenated alkanes) is 2. The predicted molar refractivity (Wildman–Crippen MR) is 107 cm³/mol. The fourth-order valence-electron chi connectivity index (χ4n) is 2.32. The molecule has 0 aromatic heterocycles. The van der Waals surface area contributed by atoms with Crippen molar-refractivity contribution in [3.05, 3.63) is 24.3 Å². The number of aliphatic hydroxyl groups is 2. The Morgan fingerprint density at radius 1 is 0.778 bits per heavy atom. The van der Waals surface area contributed by atoms with E-state index in [9.17, 15) is 19.8 Å². The lowest BCUT2D eigenvalue weighted by Gasteiger charge is -2.34. The van der Waals surface area contributed by atoms with Crippen molar-refractivity contribution >= 4 is 11.8 Å². The van der Waals surface area contributed by atoms with Gasteiger partial charge in [-0.3, -0.25) is 9.59 Å². The zero-order chi connectivity index (χ0) is 20.4. The van der Waals surface area contributed by atoms with Crippen molar-refractivity contribution in [1.82, 2.24) is 10.6 Å². The normalized spacial score (nSPS) is 12.0. The summed E-state index contributed by atoms with van der Waals surface area (Å²) in [6, 6.07) is 0. The molecule has 2 amide bonds. The number of amides is 2. The number of nitrogens with one attached hydrogen (secondary N) is 2. The summed E-state index contributed by atoms with van der Waals surface area (Å²) in [5.74, 6) is -0.253. The average molecular weight is 385 g/mol. The van der Waals surface area contributed by atoms with Crippen molar-refractivity contribution in [2.24, 2.45) is 0 Å². The quantitative estimate of drug-likeness (QED) is 0.142. The molecule has 7 nitrogen and oxygen atoms in total. The van der Waals surface area contributed by atoms with Gasteiger partial charge in [-0.25, -0.2) is 4.48 Å². The fraction of sp³-hybridized carbons (Fsp3) is 0.700. The van der Waals surface area contributed by atoms with Gasteiger partial charge < -0.3 is 20.8 Å². The third kappa shape index (κ3) is 13.2. The number of nitrogens with zero attached hydrogens (tertiary/aromatic N) is 1. The molecule has 0 aromatic carbocycles. The summed E-state index contributed by atoms with van der Waals surface area (Å²) in [6.07, 6.45) is 14.2. The molecule has 0 saturated heterocycles. The van der Waals surface area contributed by atoms with Gasteiger partial charge in [0.05, 0.1) is 0 Å². The molecule has 0 heterocycles. The summed E-state index contributed by atoms with van der Waals surface area (Å²) in [4.78, 5) is 23.8. The minimum absolute atomic E-state index is 0.0656. The summed E-state index contributed by atoms with van der Waals surface area (Å²) in [5, 5.41) is 24.8. The highest BCUT2D eigenvalue weighted by atomic mass is 16.3. The first-order valence-corrected chi connectivity index (χ1v) is 9.93. The molecular weight excluding hydrogens is 346 g/mol. The summed E-state index contributed by atoms with van der Waals surface area (Å²) < 4.78 is -0.219. The standard InChI is InChI=1S/C20H37N3O4/c1-3-5-7-9-11-13-19(26)21-15-23(17-24,18-25)16-22-20(27)14-12-10-8-6-4-2/h5-8,24-25H,3-4,9-18H2,1-2H3,(H-,21,22,26,27)/p+1/b7-5+,8-6+. The molecule has 156 valence electrons. The van der Waals surface area contributed by atoms with Crippen molar-refractivity contribution in [1.29, 1.82) is 0 Å². The van der Waals surface area contributed by atoms with E-state index in [1.54, 1.807) is 0 Å². The van der Waals surface area contributed by atoms with Gasteiger partial charge in [0.2, 0.25) is 11.8 Å². The van der Waals surface area contributed by atoms with Crippen LogP contribution in [0.4, 0.5) is 0 Å². The average Bonchev–Trinajstić information content (AvgIpc) is 2.68. The molecule has 0 spiro atoms. The third-order valence-corrected chi connectivity index (χ3v) is 4.18. The molecule has 0 rings (SSSR count). The highest BCUT2D eigenvalue weighted by Gasteiger charge is 2.26. The minimum atomic E-state index is -0.379. The monoisotopic (exact) mass is 384 g/mol. The SMILES string of the molecule is CC/C=C/CCCC(=O)NC[N+](CO)(CO)CNC(=O)CCC/C=C/CC. The summed E-state index contributed by atoms with van der Waals surface area (Å²) in [7, 11) is 0. The Bertz CT molecular complexity index is 422. The van der Waals surface area contributed by atoms with E-state index in [4.69, 9.17) is 0 Å². The highest BCUT2D eigenvalue weighted by molar-refractivity contribution is 5.76. The van der Waals surface area contributed by atoms with E-state index in [2.05, 4.69) is 48.8 Å². The van der Waals surface area contributed by atoms with Gasteiger partial charge in [-0.2, -0.15) is 0 Å². The van der Waals surface area contributed by atoms with Crippen molar-refractivity contribution in [2.45, 2.75) is 65.2 Å². The third-order valence-electron chi connectivity index (χ3n) is 4.18. The van der Waals surface area contributed by atoms with Gasteiger partial charge in [-0.1, -0.05) is 38.2 Å². The maximum atomic E-state index is 11.9.